The first-order chi connectivity index (χ1) is 8.54. The van der Waals surface area contributed by atoms with E-state index >= 15 is 0 Å². The zero-order valence-corrected chi connectivity index (χ0v) is 11.5. The van der Waals surface area contributed by atoms with E-state index in [1.165, 1.54) is 19.3 Å². The Kier molecular flexibility index (Phi) is 3.12. The van der Waals surface area contributed by atoms with Crippen molar-refractivity contribution in [2.24, 2.45) is 11.8 Å². The van der Waals surface area contributed by atoms with Crippen LogP contribution >= 0.6 is 11.6 Å². The lowest BCUT2D eigenvalue weighted by molar-refractivity contribution is 0.390. The van der Waals surface area contributed by atoms with Crippen LogP contribution in [0, 0.1) is 11.8 Å². The Bertz CT molecular complexity index is 541. The summed E-state index contributed by atoms with van der Waals surface area (Å²) in [5.74, 6) is 1.27. The highest BCUT2D eigenvalue weighted by Gasteiger charge is 2.41. The Labute approximate surface area is 113 Å². The molecule has 0 heterocycles. The number of hydrogen-bond acceptors (Lipinski definition) is 2. The molecule has 2 aliphatic rings. The average Bonchev–Trinajstić information content (AvgIpc) is 2.91. The second kappa shape index (κ2) is 4.51. The zero-order chi connectivity index (χ0) is 12.8. The van der Waals surface area contributed by atoms with Crippen LogP contribution in [0.1, 0.15) is 25.7 Å². The van der Waals surface area contributed by atoms with E-state index in [1.807, 2.05) is 0 Å². The zero-order valence-electron chi connectivity index (χ0n) is 9.97. The minimum Gasteiger partial charge on any atom is -0.208 e. The van der Waals surface area contributed by atoms with E-state index in [0.29, 0.717) is 15.8 Å². The lowest BCUT2D eigenvalue weighted by Gasteiger charge is -2.22. The quantitative estimate of drug-likeness (QED) is 0.928. The molecule has 0 saturated heterocycles. The van der Waals surface area contributed by atoms with Crippen molar-refractivity contribution in [2.45, 2.75) is 36.6 Å². The van der Waals surface area contributed by atoms with Gasteiger partial charge in [-0.15, -0.1) is 0 Å². The largest absolute Gasteiger partial charge is 0.240 e. The molecule has 1 N–H and O–H groups in total. The molecule has 3 atom stereocenters. The van der Waals surface area contributed by atoms with Crippen LogP contribution in [0.2, 0.25) is 5.02 Å². The highest BCUT2D eigenvalue weighted by molar-refractivity contribution is 7.89. The maximum absolute atomic E-state index is 12.2. The minimum atomic E-state index is -3.39. The van der Waals surface area contributed by atoms with Crippen molar-refractivity contribution in [3.63, 3.8) is 0 Å². The van der Waals surface area contributed by atoms with Crippen molar-refractivity contribution in [1.29, 1.82) is 0 Å². The van der Waals surface area contributed by atoms with Gasteiger partial charge in [-0.2, -0.15) is 0 Å². The summed E-state index contributed by atoms with van der Waals surface area (Å²) >= 11 is 5.77. The number of rotatable bonds is 3. The lowest BCUT2D eigenvalue weighted by Crippen LogP contribution is -2.38. The first-order valence-electron chi connectivity index (χ1n) is 6.32. The van der Waals surface area contributed by atoms with Crippen molar-refractivity contribution in [1.82, 2.24) is 4.72 Å². The fourth-order valence-corrected chi connectivity index (χ4v) is 4.71. The van der Waals surface area contributed by atoms with Gasteiger partial charge in [0.15, 0.2) is 0 Å². The van der Waals surface area contributed by atoms with Crippen LogP contribution in [0.5, 0.6) is 0 Å². The number of nitrogens with one attached hydrogen (secondary N) is 1. The molecule has 2 fully saturated rings. The number of hydrogen-bond donors (Lipinski definition) is 1. The SMILES string of the molecule is O=S(=O)(N[C@@H]1C[C@@H]2CC[C@H]1C2)c1ccc(Cl)cc1. The van der Waals surface area contributed by atoms with Gasteiger partial charge >= 0.3 is 0 Å². The first-order valence-corrected chi connectivity index (χ1v) is 8.18. The number of halogens is 1. The molecule has 2 bridgehead atoms. The van der Waals surface area contributed by atoms with E-state index in [2.05, 4.69) is 4.72 Å². The van der Waals surface area contributed by atoms with Crippen LogP contribution in [-0.4, -0.2) is 14.5 Å². The Balaban J connectivity index is 1.77. The summed E-state index contributed by atoms with van der Waals surface area (Å²) in [7, 11) is -3.39. The van der Waals surface area contributed by atoms with Crippen LogP contribution < -0.4 is 4.72 Å². The summed E-state index contributed by atoms with van der Waals surface area (Å²) in [5.41, 5.74) is 0. The molecule has 98 valence electrons. The van der Waals surface area contributed by atoms with Crippen molar-refractivity contribution >= 4 is 21.6 Å². The van der Waals surface area contributed by atoms with Crippen molar-refractivity contribution in [3.8, 4) is 0 Å². The molecule has 1 aromatic carbocycles. The van der Waals surface area contributed by atoms with Gasteiger partial charge in [-0.05, 0) is 55.4 Å². The van der Waals surface area contributed by atoms with Gasteiger partial charge in [0, 0.05) is 11.1 Å². The number of sulfonamides is 1. The Morgan fingerprint density at radius 1 is 1.11 bits per heavy atom. The molecule has 1 aromatic rings. The molecule has 0 radical (unpaired) electrons. The van der Waals surface area contributed by atoms with E-state index in [9.17, 15) is 8.42 Å². The second-order valence-corrected chi connectivity index (χ2v) is 7.51. The molecule has 2 saturated carbocycles. The first kappa shape index (κ1) is 12.5. The summed E-state index contributed by atoms with van der Waals surface area (Å²) in [5, 5.41) is 0.550. The molecular formula is C13H16ClNO2S. The maximum atomic E-state index is 12.2. The molecule has 0 amide bonds. The molecule has 0 unspecified atom stereocenters. The molecule has 0 spiro atoms. The summed E-state index contributed by atoms with van der Waals surface area (Å²) < 4.78 is 27.3. The monoisotopic (exact) mass is 285 g/mol. The Morgan fingerprint density at radius 3 is 2.39 bits per heavy atom. The predicted octanol–water partition coefficient (Wildman–Crippen LogP) is 2.81. The summed E-state index contributed by atoms with van der Waals surface area (Å²) in [6, 6.07) is 6.45. The van der Waals surface area contributed by atoms with E-state index in [4.69, 9.17) is 11.6 Å². The molecular weight excluding hydrogens is 270 g/mol. The average molecular weight is 286 g/mol. The topological polar surface area (TPSA) is 46.2 Å². The van der Waals surface area contributed by atoms with Crippen LogP contribution in [-0.2, 0) is 10.0 Å². The molecule has 18 heavy (non-hydrogen) atoms. The molecule has 0 aliphatic heterocycles. The van der Waals surface area contributed by atoms with E-state index in [1.54, 1.807) is 24.3 Å². The van der Waals surface area contributed by atoms with Crippen LogP contribution in [0.25, 0.3) is 0 Å². The van der Waals surface area contributed by atoms with Gasteiger partial charge in [-0.1, -0.05) is 18.0 Å². The molecule has 5 heteroatoms. The van der Waals surface area contributed by atoms with Gasteiger partial charge in [0.2, 0.25) is 10.0 Å². The lowest BCUT2D eigenvalue weighted by atomic mass is 9.96. The van der Waals surface area contributed by atoms with Gasteiger partial charge < -0.3 is 0 Å². The van der Waals surface area contributed by atoms with Gasteiger partial charge in [0.1, 0.15) is 0 Å². The third-order valence-corrected chi connectivity index (χ3v) is 5.93. The fourth-order valence-electron chi connectivity index (χ4n) is 3.27. The minimum absolute atomic E-state index is 0.129. The van der Waals surface area contributed by atoms with Gasteiger partial charge in [-0.3, -0.25) is 0 Å². The Hall–Kier alpha value is -0.580. The molecule has 0 aromatic heterocycles. The normalized spacial score (nSPS) is 30.8. The number of benzene rings is 1. The second-order valence-electron chi connectivity index (χ2n) is 5.36. The molecule has 2 aliphatic carbocycles. The van der Waals surface area contributed by atoms with Gasteiger partial charge in [0.25, 0.3) is 0 Å². The standard InChI is InChI=1S/C13H16ClNO2S/c14-11-3-5-12(6-4-11)18(16,17)15-13-8-9-1-2-10(13)7-9/h3-6,9-10,13,15H,1-2,7-8H2/t9-,10+,13-/m1/s1. The van der Waals surface area contributed by atoms with Crippen LogP contribution in [0.4, 0.5) is 0 Å². The van der Waals surface area contributed by atoms with Crippen LogP contribution in [0.3, 0.4) is 0 Å². The molecule has 3 nitrogen and oxygen atoms in total. The number of fused-ring (bicyclic) bond motifs is 2. The Morgan fingerprint density at radius 2 is 1.83 bits per heavy atom. The predicted molar refractivity (Wildman–Crippen MR) is 71.0 cm³/mol. The maximum Gasteiger partial charge on any atom is 0.240 e. The van der Waals surface area contributed by atoms with Crippen LogP contribution in [0.15, 0.2) is 29.2 Å². The third-order valence-electron chi connectivity index (χ3n) is 4.17. The van der Waals surface area contributed by atoms with E-state index < -0.39 is 10.0 Å². The summed E-state index contributed by atoms with van der Waals surface area (Å²) in [6.07, 6.45) is 4.62. The van der Waals surface area contributed by atoms with Crippen molar-refractivity contribution < 1.29 is 8.42 Å². The van der Waals surface area contributed by atoms with Gasteiger partial charge in [-0.25, -0.2) is 13.1 Å². The summed E-state index contributed by atoms with van der Waals surface area (Å²) in [4.78, 5) is 0.301. The third kappa shape index (κ3) is 2.29. The van der Waals surface area contributed by atoms with Crippen molar-refractivity contribution in [3.05, 3.63) is 29.3 Å². The fraction of sp³-hybridized carbons (Fsp3) is 0.538. The highest BCUT2D eigenvalue weighted by atomic mass is 35.5. The van der Waals surface area contributed by atoms with E-state index in [-0.39, 0.29) is 6.04 Å². The van der Waals surface area contributed by atoms with Crippen molar-refractivity contribution in [2.75, 3.05) is 0 Å². The molecule has 3 rings (SSSR count). The van der Waals surface area contributed by atoms with Gasteiger partial charge in [0.05, 0.1) is 4.90 Å². The smallest absolute Gasteiger partial charge is 0.208 e. The van der Waals surface area contributed by atoms with E-state index in [0.717, 1.165) is 12.3 Å². The highest BCUT2D eigenvalue weighted by Crippen LogP contribution is 2.44. The summed E-state index contributed by atoms with van der Waals surface area (Å²) in [6.45, 7) is 0.